The topological polar surface area (TPSA) is 53.0 Å². The number of hydrogen-bond acceptors (Lipinski definition) is 3. The van der Waals surface area contributed by atoms with E-state index in [9.17, 15) is 4.79 Å². The van der Waals surface area contributed by atoms with Gasteiger partial charge in [-0.2, -0.15) is 0 Å². The fourth-order valence-electron chi connectivity index (χ4n) is 0.225. The van der Waals surface area contributed by atoms with E-state index in [0.717, 1.165) is 6.21 Å². The van der Waals surface area contributed by atoms with Gasteiger partial charge < -0.3 is 10.7 Å². The average Bonchev–Trinajstić information content (AvgIpc) is 1.68. The van der Waals surface area contributed by atoms with E-state index in [2.05, 4.69) is 5.32 Å². The predicted molar refractivity (Wildman–Crippen MR) is 27.7 cm³/mol. The first kappa shape index (κ1) is 6.30. The summed E-state index contributed by atoms with van der Waals surface area (Å²) < 4.78 is 0. The third-order valence-corrected chi connectivity index (χ3v) is 0.512. The van der Waals surface area contributed by atoms with Gasteiger partial charge in [-0.25, -0.2) is 0 Å². The first-order valence-electron chi connectivity index (χ1n) is 1.99. The largest absolute Gasteiger partial charge is 0.313 e. The van der Waals surface area contributed by atoms with Gasteiger partial charge in [-0.3, -0.25) is 4.79 Å². The van der Waals surface area contributed by atoms with Gasteiger partial charge >= 0.3 is 0 Å². The maximum Gasteiger partial charge on any atom is 0.186 e. The Morgan fingerprint density at radius 2 is 2.57 bits per heavy atom. The van der Waals surface area contributed by atoms with E-state index in [1.807, 2.05) is 0 Å². The summed E-state index contributed by atoms with van der Waals surface area (Å²) in [6.07, 6.45) is 0.802. The van der Waals surface area contributed by atoms with Crippen LogP contribution in [0.25, 0.3) is 0 Å². The van der Waals surface area contributed by atoms with E-state index in [1.54, 1.807) is 7.05 Å². The summed E-state index contributed by atoms with van der Waals surface area (Å²) in [4.78, 5) is 10.1. The van der Waals surface area contributed by atoms with Crippen molar-refractivity contribution in [1.82, 2.24) is 5.32 Å². The molecule has 0 saturated heterocycles. The number of rotatable bonds is 3. The Balaban J connectivity index is 3.17. The number of ketones is 1. The van der Waals surface area contributed by atoms with Crippen LogP contribution in [0.3, 0.4) is 0 Å². The van der Waals surface area contributed by atoms with Gasteiger partial charge in [0.15, 0.2) is 5.78 Å². The van der Waals surface area contributed by atoms with Crippen LogP contribution in [0.2, 0.25) is 0 Å². The summed E-state index contributed by atoms with van der Waals surface area (Å²) >= 11 is 0. The Kier molecular flexibility index (Phi) is 3.14. The number of nitrogens with one attached hydrogen (secondary N) is 2. The molecule has 7 heavy (non-hydrogen) atoms. The van der Waals surface area contributed by atoms with Crippen molar-refractivity contribution in [1.29, 1.82) is 5.41 Å². The molecule has 0 fully saturated rings. The third kappa shape index (κ3) is 3.12. The third-order valence-electron chi connectivity index (χ3n) is 0.512. The summed E-state index contributed by atoms with van der Waals surface area (Å²) in [5.41, 5.74) is 0. The lowest BCUT2D eigenvalue weighted by atomic mass is 10.4. The highest BCUT2D eigenvalue weighted by Gasteiger charge is 1.88. The van der Waals surface area contributed by atoms with E-state index in [4.69, 9.17) is 5.41 Å². The molecule has 40 valence electrons. The summed E-state index contributed by atoms with van der Waals surface area (Å²) in [5, 5.41) is 9.02. The van der Waals surface area contributed by atoms with Crippen molar-refractivity contribution < 1.29 is 4.79 Å². The Bertz CT molecular complexity index is 79.8. The highest BCUT2D eigenvalue weighted by Crippen LogP contribution is 1.55. The Labute approximate surface area is 42.2 Å². The van der Waals surface area contributed by atoms with Crippen LogP contribution in [-0.4, -0.2) is 25.6 Å². The summed E-state index contributed by atoms with van der Waals surface area (Å²) in [6.45, 7) is 0.267. The molecule has 0 spiro atoms. The van der Waals surface area contributed by atoms with Crippen molar-refractivity contribution in [3.8, 4) is 0 Å². The maximum absolute atomic E-state index is 10.1. The SMILES string of the molecule is CNCC(=O)C=N. The van der Waals surface area contributed by atoms with E-state index in [-0.39, 0.29) is 12.3 Å². The van der Waals surface area contributed by atoms with E-state index < -0.39 is 0 Å². The Hall–Kier alpha value is -0.700. The predicted octanol–water partition coefficient (Wildman–Crippen LogP) is -0.576. The molecule has 3 heteroatoms. The van der Waals surface area contributed by atoms with Crippen molar-refractivity contribution in [3.05, 3.63) is 0 Å². The smallest absolute Gasteiger partial charge is 0.186 e. The molecule has 0 aliphatic carbocycles. The molecule has 0 aromatic heterocycles. The molecule has 0 amide bonds. The van der Waals surface area contributed by atoms with Gasteiger partial charge in [0.2, 0.25) is 0 Å². The minimum atomic E-state index is -0.192. The lowest BCUT2D eigenvalue weighted by molar-refractivity contribution is -0.111. The van der Waals surface area contributed by atoms with Crippen LogP contribution in [0.1, 0.15) is 0 Å². The van der Waals surface area contributed by atoms with Crippen LogP contribution in [0.4, 0.5) is 0 Å². The highest BCUT2D eigenvalue weighted by molar-refractivity contribution is 6.27. The maximum atomic E-state index is 10.1. The molecule has 0 rings (SSSR count). The molecule has 2 N–H and O–H groups in total. The molecular formula is C4H8N2O. The molecule has 0 aliphatic heterocycles. The molecule has 0 unspecified atom stereocenters. The van der Waals surface area contributed by atoms with Gasteiger partial charge in [0.25, 0.3) is 0 Å². The summed E-state index contributed by atoms with van der Waals surface area (Å²) in [6, 6.07) is 0. The van der Waals surface area contributed by atoms with E-state index in [0.29, 0.717) is 0 Å². The van der Waals surface area contributed by atoms with Gasteiger partial charge in [0.05, 0.1) is 12.8 Å². The molecule has 0 heterocycles. The first-order chi connectivity index (χ1) is 3.31. The van der Waals surface area contributed by atoms with Crippen LogP contribution < -0.4 is 5.32 Å². The molecule has 0 atom stereocenters. The monoisotopic (exact) mass is 100 g/mol. The first-order valence-corrected chi connectivity index (χ1v) is 1.99. The van der Waals surface area contributed by atoms with Crippen LogP contribution >= 0.6 is 0 Å². The number of carbonyl (C=O) groups is 1. The van der Waals surface area contributed by atoms with Crippen LogP contribution in [0.15, 0.2) is 0 Å². The number of carbonyl (C=O) groups excluding carboxylic acids is 1. The van der Waals surface area contributed by atoms with Crippen molar-refractivity contribution in [3.63, 3.8) is 0 Å². The second-order valence-corrected chi connectivity index (χ2v) is 1.14. The number of likely N-dealkylation sites (N-methyl/N-ethyl adjacent to an activating group) is 1. The normalized spacial score (nSPS) is 8.14. The van der Waals surface area contributed by atoms with Crippen molar-refractivity contribution in [2.24, 2.45) is 0 Å². The zero-order valence-corrected chi connectivity index (χ0v) is 4.19. The zero-order chi connectivity index (χ0) is 5.70. The molecule has 0 aromatic carbocycles. The van der Waals surface area contributed by atoms with Gasteiger partial charge in [-0.05, 0) is 7.05 Å². The minimum Gasteiger partial charge on any atom is -0.313 e. The average molecular weight is 100 g/mol. The molecule has 0 bridgehead atoms. The quantitative estimate of drug-likeness (QED) is 0.466. The van der Waals surface area contributed by atoms with Gasteiger partial charge in [0, 0.05) is 0 Å². The Morgan fingerprint density at radius 3 is 2.71 bits per heavy atom. The second-order valence-electron chi connectivity index (χ2n) is 1.14. The van der Waals surface area contributed by atoms with E-state index in [1.165, 1.54) is 0 Å². The van der Waals surface area contributed by atoms with Gasteiger partial charge in [-0.1, -0.05) is 0 Å². The van der Waals surface area contributed by atoms with Crippen molar-refractivity contribution in [2.75, 3.05) is 13.6 Å². The van der Waals surface area contributed by atoms with Gasteiger partial charge in [-0.15, -0.1) is 0 Å². The molecule has 3 nitrogen and oxygen atoms in total. The van der Waals surface area contributed by atoms with Crippen molar-refractivity contribution >= 4 is 12.0 Å². The summed E-state index contributed by atoms with van der Waals surface area (Å²) in [5.74, 6) is -0.192. The Morgan fingerprint density at radius 1 is 2.00 bits per heavy atom. The molecular weight excluding hydrogens is 92.1 g/mol. The zero-order valence-electron chi connectivity index (χ0n) is 4.19. The van der Waals surface area contributed by atoms with Gasteiger partial charge in [0.1, 0.15) is 0 Å². The van der Waals surface area contributed by atoms with E-state index >= 15 is 0 Å². The lowest BCUT2D eigenvalue weighted by Gasteiger charge is -1.85. The molecule has 0 saturated carbocycles. The van der Waals surface area contributed by atoms with Crippen molar-refractivity contribution in [2.45, 2.75) is 0 Å². The summed E-state index contributed by atoms with van der Waals surface area (Å²) in [7, 11) is 1.67. The van der Waals surface area contributed by atoms with Crippen LogP contribution in [0.5, 0.6) is 0 Å². The molecule has 0 radical (unpaired) electrons. The fourth-order valence-corrected chi connectivity index (χ4v) is 0.225. The second kappa shape index (κ2) is 3.49. The number of hydrogen-bond donors (Lipinski definition) is 2. The van der Waals surface area contributed by atoms with Crippen LogP contribution in [0, 0.1) is 5.41 Å². The molecule has 0 aliphatic rings. The minimum absolute atomic E-state index is 0.192. The number of Topliss-reactive ketones (excluding diaryl/α,β-unsaturated/α-hetero) is 1. The fraction of sp³-hybridized carbons (Fsp3) is 0.500. The lowest BCUT2D eigenvalue weighted by Crippen LogP contribution is -2.18. The van der Waals surface area contributed by atoms with Crippen LogP contribution in [-0.2, 0) is 4.79 Å². The highest BCUT2D eigenvalue weighted by atomic mass is 16.1. The standard InChI is InChI=1S/C4H8N2O/c1-6-3-4(7)2-5/h2,5-6H,3H2,1H3. The molecule has 0 aromatic rings.